The highest BCUT2D eigenvalue weighted by atomic mass is 19.1. The molecule has 0 bridgehead atoms. The van der Waals surface area contributed by atoms with Gasteiger partial charge in [0, 0.05) is 0 Å². The van der Waals surface area contributed by atoms with Crippen LogP contribution < -0.4 is 4.74 Å². The Kier molecular flexibility index (Phi) is 3.38. The molecule has 1 aromatic rings. The Morgan fingerprint density at radius 2 is 2.27 bits per heavy atom. The molecule has 1 N–H and O–H groups in total. The maximum Gasteiger partial charge on any atom is 0.344 e. The van der Waals surface area contributed by atoms with E-state index in [0.29, 0.717) is 6.29 Å². The smallest absolute Gasteiger partial charge is 0.344 e. The number of carboxylic acid groups (broad SMARTS) is 1. The number of carbonyl (C=O) groups is 2. The maximum atomic E-state index is 12.7. The van der Waals surface area contributed by atoms with Crippen molar-refractivity contribution in [1.29, 1.82) is 0 Å². The number of aldehydes is 1. The van der Waals surface area contributed by atoms with Crippen molar-refractivity contribution in [3.63, 3.8) is 0 Å². The molecule has 0 saturated heterocycles. The molecule has 0 aliphatic heterocycles. The lowest BCUT2D eigenvalue weighted by Crippen LogP contribution is -2.23. The van der Waals surface area contributed by atoms with Crippen molar-refractivity contribution < 1.29 is 23.8 Å². The number of aliphatic carboxylic acids is 1. The molecule has 15 heavy (non-hydrogen) atoms. The quantitative estimate of drug-likeness (QED) is 0.768. The van der Waals surface area contributed by atoms with Crippen LogP contribution in [0, 0.1) is 5.82 Å². The summed E-state index contributed by atoms with van der Waals surface area (Å²) >= 11 is 0. The lowest BCUT2D eigenvalue weighted by atomic mass is 10.2. The van der Waals surface area contributed by atoms with E-state index in [0.717, 1.165) is 12.1 Å². The van der Waals surface area contributed by atoms with Crippen LogP contribution in [0.25, 0.3) is 0 Å². The molecular weight excluding hydrogens is 203 g/mol. The van der Waals surface area contributed by atoms with Crippen molar-refractivity contribution >= 4 is 12.3 Å². The minimum absolute atomic E-state index is 0.0110. The zero-order valence-corrected chi connectivity index (χ0v) is 7.94. The molecule has 0 aliphatic carbocycles. The van der Waals surface area contributed by atoms with E-state index in [4.69, 9.17) is 9.84 Å². The van der Waals surface area contributed by atoms with Crippen molar-refractivity contribution in [1.82, 2.24) is 0 Å². The average molecular weight is 212 g/mol. The summed E-state index contributed by atoms with van der Waals surface area (Å²) in [4.78, 5) is 21.0. The second-order valence-electron chi connectivity index (χ2n) is 2.90. The number of hydrogen-bond donors (Lipinski definition) is 1. The number of carboxylic acids is 1. The Bertz CT molecular complexity index is 389. The van der Waals surface area contributed by atoms with Crippen molar-refractivity contribution in [2.45, 2.75) is 13.0 Å². The predicted molar refractivity (Wildman–Crippen MR) is 49.5 cm³/mol. The van der Waals surface area contributed by atoms with E-state index < -0.39 is 17.9 Å². The molecule has 5 heteroatoms. The van der Waals surface area contributed by atoms with Gasteiger partial charge in [0.15, 0.2) is 12.4 Å². The molecular formula is C10H9FO4. The SMILES string of the molecule is CC(Oc1ccc(F)cc1C=O)C(=O)O. The summed E-state index contributed by atoms with van der Waals surface area (Å²) in [6.07, 6.45) is -0.679. The average Bonchev–Trinajstić information content (AvgIpc) is 2.20. The Hall–Kier alpha value is -1.91. The molecule has 4 nitrogen and oxygen atoms in total. The third-order valence-electron chi connectivity index (χ3n) is 1.75. The standard InChI is InChI=1S/C10H9FO4/c1-6(10(13)14)15-9-3-2-8(11)4-7(9)5-12/h2-6H,1H3,(H,13,14). The van der Waals surface area contributed by atoms with Gasteiger partial charge in [-0.2, -0.15) is 0 Å². The molecule has 1 aromatic carbocycles. The molecule has 0 aromatic heterocycles. The predicted octanol–water partition coefficient (Wildman–Crippen LogP) is 1.49. The van der Waals surface area contributed by atoms with Gasteiger partial charge in [-0.25, -0.2) is 9.18 Å². The molecule has 0 saturated carbocycles. The normalized spacial score (nSPS) is 11.9. The fraction of sp³-hybridized carbons (Fsp3) is 0.200. The van der Waals surface area contributed by atoms with Crippen LogP contribution in [0.5, 0.6) is 5.75 Å². The fourth-order valence-electron chi connectivity index (χ4n) is 0.960. The molecule has 0 radical (unpaired) electrons. The first-order valence-corrected chi connectivity index (χ1v) is 4.18. The minimum atomic E-state index is -1.16. The summed E-state index contributed by atoms with van der Waals surface area (Å²) in [6, 6.07) is 3.30. The maximum absolute atomic E-state index is 12.7. The van der Waals surface area contributed by atoms with Crippen LogP contribution in [0.4, 0.5) is 4.39 Å². The summed E-state index contributed by atoms with van der Waals surface area (Å²) in [7, 11) is 0. The summed E-state index contributed by atoms with van der Waals surface area (Å²) in [5.74, 6) is -1.68. The van der Waals surface area contributed by atoms with Crippen molar-refractivity contribution in [2.75, 3.05) is 0 Å². The van der Waals surface area contributed by atoms with E-state index in [1.165, 1.54) is 13.0 Å². The summed E-state index contributed by atoms with van der Waals surface area (Å²) in [5, 5.41) is 8.57. The van der Waals surface area contributed by atoms with Crippen LogP contribution in [0.15, 0.2) is 18.2 Å². The van der Waals surface area contributed by atoms with Gasteiger partial charge in [-0.05, 0) is 25.1 Å². The van der Waals surface area contributed by atoms with E-state index in [2.05, 4.69) is 0 Å². The highest BCUT2D eigenvalue weighted by Gasteiger charge is 2.14. The number of rotatable bonds is 4. The monoisotopic (exact) mass is 212 g/mol. The van der Waals surface area contributed by atoms with E-state index >= 15 is 0 Å². The Morgan fingerprint density at radius 3 is 2.80 bits per heavy atom. The Morgan fingerprint density at radius 1 is 1.60 bits per heavy atom. The second kappa shape index (κ2) is 4.54. The van der Waals surface area contributed by atoms with E-state index in [1.807, 2.05) is 0 Å². The van der Waals surface area contributed by atoms with Gasteiger partial charge >= 0.3 is 5.97 Å². The molecule has 1 unspecified atom stereocenters. The van der Waals surface area contributed by atoms with Gasteiger partial charge in [0.05, 0.1) is 5.56 Å². The zero-order valence-electron chi connectivity index (χ0n) is 7.94. The number of benzene rings is 1. The number of halogens is 1. The second-order valence-corrected chi connectivity index (χ2v) is 2.90. The van der Waals surface area contributed by atoms with Gasteiger partial charge in [0.2, 0.25) is 0 Å². The zero-order chi connectivity index (χ0) is 11.4. The summed E-state index contributed by atoms with van der Waals surface area (Å²) in [6.45, 7) is 1.32. The molecule has 0 amide bonds. The topological polar surface area (TPSA) is 63.6 Å². The third kappa shape index (κ3) is 2.77. The molecule has 0 fully saturated rings. The lowest BCUT2D eigenvalue weighted by Gasteiger charge is -2.11. The van der Waals surface area contributed by atoms with Crippen molar-refractivity contribution in [2.24, 2.45) is 0 Å². The van der Waals surface area contributed by atoms with E-state index in [9.17, 15) is 14.0 Å². The molecule has 0 spiro atoms. The minimum Gasteiger partial charge on any atom is -0.479 e. The fourth-order valence-corrected chi connectivity index (χ4v) is 0.960. The summed E-state index contributed by atoms with van der Waals surface area (Å²) in [5.41, 5.74) is -0.0110. The highest BCUT2D eigenvalue weighted by molar-refractivity contribution is 5.80. The van der Waals surface area contributed by atoms with Crippen LogP contribution in [0.1, 0.15) is 17.3 Å². The van der Waals surface area contributed by atoms with Gasteiger partial charge in [0.1, 0.15) is 11.6 Å². The van der Waals surface area contributed by atoms with Crippen molar-refractivity contribution in [3.05, 3.63) is 29.6 Å². The number of hydrogen-bond acceptors (Lipinski definition) is 3. The highest BCUT2D eigenvalue weighted by Crippen LogP contribution is 2.19. The number of carbonyl (C=O) groups excluding carboxylic acids is 1. The molecule has 0 heterocycles. The number of ether oxygens (including phenoxy) is 1. The molecule has 1 rings (SSSR count). The first-order chi connectivity index (χ1) is 7.04. The van der Waals surface area contributed by atoms with Crippen LogP contribution >= 0.6 is 0 Å². The third-order valence-corrected chi connectivity index (χ3v) is 1.75. The van der Waals surface area contributed by atoms with Crippen LogP contribution in [-0.4, -0.2) is 23.5 Å². The van der Waals surface area contributed by atoms with Gasteiger partial charge < -0.3 is 9.84 Å². The lowest BCUT2D eigenvalue weighted by molar-refractivity contribution is -0.144. The molecule has 0 aliphatic rings. The van der Waals surface area contributed by atoms with Gasteiger partial charge in [-0.15, -0.1) is 0 Å². The van der Waals surface area contributed by atoms with Gasteiger partial charge in [-0.1, -0.05) is 0 Å². The van der Waals surface area contributed by atoms with Crippen LogP contribution in [0.3, 0.4) is 0 Å². The van der Waals surface area contributed by atoms with E-state index in [1.54, 1.807) is 0 Å². The first-order valence-electron chi connectivity index (χ1n) is 4.18. The van der Waals surface area contributed by atoms with Crippen LogP contribution in [-0.2, 0) is 4.79 Å². The van der Waals surface area contributed by atoms with E-state index in [-0.39, 0.29) is 11.3 Å². The Labute approximate surface area is 85.3 Å². The molecule has 1 atom stereocenters. The Balaban J connectivity index is 2.94. The van der Waals surface area contributed by atoms with Gasteiger partial charge in [-0.3, -0.25) is 4.79 Å². The largest absolute Gasteiger partial charge is 0.479 e. The van der Waals surface area contributed by atoms with Crippen molar-refractivity contribution in [3.8, 4) is 5.75 Å². The summed E-state index contributed by atoms with van der Waals surface area (Å²) < 4.78 is 17.7. The molecule has 80 valence electrons. The first kappa shape index (κ1) is 11.2. The van der Waals surface area contributed by atoms with Gasteiger partial charge in [0.25, 0.3) is 0 Å². The van der Waals surface area contributed by atoms with Crippen LogP contribution in [0.2, 0.25) is 0 Å².